The van der Waals surface area contributed by atoms with Crippen LogP contribution in [0.3, 0.4) is 0 Å². The Balaban J connectivity index is 2.52. The van der Waals surface area contributed by atoms with Gasteiger partial charge in [-0.25, -0.2) is 0 Å². The Kier molecular flexibility index (Phi) is 2.59. The molecule has 0 aliphatic carbocycles. The van der Waals surface area contributed by atoms with Gasteiger partial charge in [-0.15, -0.1) is 0 Å². The molecule has 4 heteroatoms. The summed E-state index contributed by atoms with van der Waals surface area (Å²) in [6.07, 6.45) is 1.66. The maximum absolute atomic E-state index is 11.0. The summed E-state index contributed by atoms with van der Waals surface area (Å²) >= 11 is 0. The monoisotopic (exact) mass is 156 g/mol. The van der Waals surface area contributed by atoms with Crippen molar-refractivity contribution in [2.24, 2.45) is 10.9 Å². The van der Waals surface area contributed by atoms with Gasteiger partial charge in [0.05, 0.1) is 13.8 Å². The van der Waals surface area contributed by atoms with Gasteiger partial charge in [0.25, 0.3) is 0 Å². The lowest BCUT2D eigenvalue weighted by Crippen LogP contribution is -2.35. The number of hydrogen-bond acceptors (Lipinski definition) is 4. The zero-order chi connectivity index (χ0) is 8.27. The summed E-state index contributed by atoms with van der Waals surface area (Å²) in [5.74, 6) is -0.390. The molecule has 0 N–H and O–H groups in total. The molecule has 0 saturated heterocycles. The van der Waals surface area contributed by atoms with E-state index in [0.29, 0.717) is 13.2 Å². The predicted octanol–water partition coefficient (Wildman–Crippen LogP) is -0.251. The topological polar surface area (TPSA) is 41.9 Å². The minimum absolute atomic E-state index is 0.182. The molecule has 1 aliphatic heterocycles. The van der Waals surface area contributed by atoms with E-state index in [9.17, 15) is 4.79 Å². The molecule has 1 atom stereocenters. The average Bonchev–Trinajstić information content (AvgIpc) is 2.03. The molecule has 62 valence electrons. The zero-order valence-electron chi connectivity index (χ0n) is 6.78. The standard InChI is InChI=1S/C7H12N2O2/c1-9-4-6(3-8-5-9)7(10)11-2/h3,6H,4-5H2,1-2H3. The molecule has 0 spiro atoms. The Morgan fingerprint density at radius 2 is 2.55 bits per heavy atom. The van der Waals surface area contributed by atoms with Crippen molar-refractivity contribution in [3.8, 4) is 0 Å². The van der Waals surface area contributed by atoms with Crippen LogP contribution in [0.2, 0.25) is 0 Å². The van der Waals surface area contributed by atoms with E-state index >= 15 is 0 Å². The summed E-state index contributed by atoms with van der Waals surface area (Å²) in [6, 6.07) is 0. The largest absolute Gasteiger partial charge is 0.468 e. The number of ether oxygens (including phenoxy) is 1. The highest BCUT2D eigenvalue weighted by atomic mass is 16.5. The molecule has 11 heavy (non-hydrogen) atoms. The minimum atomic E-state index is -0.208. The summed E-state index contributed by atoms with van der Waals surface area (Å²) < 4.78 is 4.58. The number of aliphatic imine (C=N–C) groups is 1. The second-order valence-corrected chi connectivity index (χ2v) is 2.64. The van der Waals surface area contributed by atoms with Crippen LogP contribution in [0.15, 0.2) is 4.99 Å². The Morgan fingerprint density at radius 3 is 3.09 bits per heavy atom. The Morgan fingerprint density at radius 1 is 1.82 bits per heavy atom. The van der Waals surface area contributed by atoms with Gasteiger partial charge in [0.15, 0.2) is 0 Å². The summed E-state index contributed by atoms with van der Waals surface area (Å²) in [5, 5.41) is 0. The fraction of sp³-hybridized carbons (Fsp3) is 0.714. The molecule has 0 radical (unpaired) electrons. The summed E-state index contributed by atoms with van der Waals surface area (Å²) in [4.78, 5) is 17.0. The van der Waals surface area contributed by atoms with Crippen LogP contribution in [-0.4, -0.2) is 44.5 Å². The molecule has 0 aromatic heterocycles. The molecular formula is C7H12N2O2. The van der Waals surface area contributed by atoms with Gasteiger partial charge in [-0.05, 0) is 7.05 Å². The van der Waals surface area contributed by atoms with E-state index in [2.05, 4.69) is 9.73 Å². The highest BCUT2D eigenvalue weighted by Crippen LogP contribution is 2.03. The highest BCUT2D eigenvalue weighted by Gasteiger charge is 2.21. The Hall–Kier alpha value is -0.900. The third-order valence-electron chi connectivity index (χ3n) is 1.62. The van der Waals surface area contributed by atoms with Crippen LogP contribution in [0.5, 0.6) is 0 Å². The molecule has 1 aliphatic rings. The first-order chi connectivity index (χ1) is 5.24. The number of methoxy groups -OCH3 is 1. The van der Waals surface area contributed by atoms with E-state index in [0.717, 1.165) is 0 Å². The van der Waals surface area contributed by atoms with Crippen LogP contribution in [0.4, 0.5) is 0 Å². The van der Waals surface area contributed by atoms with Crippen molar-refractivity contribution in [3.63, 3.8) is 0 Å². The van der Waals surface area contributed by atoms with E-state index in [1.807, 2.05) is 11.9 Å². The number of nitrogens with zero attached hydrogens (tertiary/aromatic N) is 2. The second-order valence-electron chi connectivity index (χ2n) is 2.64. The lowest BCUT2D eigenvalue weighted by molar-refractivity contribution is -0.143. The van der Waals surface area contributed by atoms with E-state index in [1.165, 1.54) is 7.11 Å². The molecular weight excluding hydrogens is 144 g/mol. The number of esters is 1. The van der Waals surface area contributed by atoms with Gasteiger partial charge in [-0.2, -0.15) is 0 Å². The van der Waals surface area contributed by atoms with Gasteiger partial charge >= 0.3 is 5.97 Å². The zero-order valence-corrected chi connectivity index (χ0v) is 6.78. The van der Waals surface area contributed by atoms with E-state index < -0.39 is 0 Å². The minimum Gasteiger partial charge on any atom is -0.468 e. The van der Waals surface area contributed by atoms with Crippen LogP contribution >= 0.6 is 0 Å². The summed E-state index contributed by atoms with van der Waals surface area (Å²) in [7, 11) is 3.32. The molecule has 4 nitrogen and oxygen atoms in total. The fourth-order valence-corrected chi connectivity index (χ4v) is 1.04. The van der Waals surface area contributed by atoms with E-state index in [4.69, 9.17) is 0 Å². The van der Waals surface area contributed by atoms with Crippen molar-refractivity contribution in [1.29, 1.82) is 0 Å². The lowest BCUT2D eigenvalue weighted by atomic mass is 10.1. The first kappa shape index (κ1) is 8.20. The fourth-order valence-electron chi connectivity index (χ4n) is 1.04. The van der Waals surface area contributed by atoms with Crippen LogP contribution in [0.25, 0.3) is 0 Å². The maximum Gasteiger partial charge on any atom is 0.315 e. The molecule has 0 aromatic carbocycles. The molecule has 1 heterocycles. The number of rotatable bonds is 1. The first-order valence-corrected chi connectivity index (χ1v) is 3.50. The molecule has 1 unspecified atom stereocenters. The van der Waals surface area contributed by atoms with Gasteiger partial charge in [0.1, 0.15) is 5.92 Å². The van der Waals surface area contributed by atoms with E-state index in [-0.39, 0.29) is 11.9 Å². The Bertz CT molecular complexity index is 179. The number of hydrogen-bond donors (Lipinski definition) is 0. The number of carbonyl (C=O) groups is 1. The van der Waals surface area contributed by atoms with Crippen LogP contribution in [0, 0.1) is 5.92 Å². The molecule has 0 amide bonds. The summed E-state index contributed by atoms with van der Waals surface area (Å²) in [6.45, 7) is 1.38. The quantitative estimate of drug-likeness (QED) is 0.491. The van der Waals surface area contributed by atoms with Gasteiger partial charge in [-0.1, -0.05) is 0 Å². The SMILES string of the molecule is COC(=O)C1C=NCN(C)C1. The molecule has 0 fully saturated rings. The highest BCUT2D eigenvalue weighted by molar-refractivity contribution is 5.90. The first-order valence-electron chi connectivity index (χ1n) is 3.50. The van der Waals surface area contributed by atoms with Crippen molar-refractivity contribution >= 4 is 12.2 Å². The lowest BCUT2D eigenvalue weighted by Gasteiger charge is -2.22. The number of carbonyl (C=O) groups excluding carboxylic acids is 1. The predicted molar refractivity (Wildman–Crippen MR) is 41.5 cm³/mol. The second kappa shape index (κ2) is 3.48. The normalized spacial score (nSPS) is 25.1. The van der Waals surface area contributed by atoms with Gasteiger partial charge in [0.2, 0.25) is 0 Å². The maximum atomic E-state index is 11.0. The van der Waals surface area contributed by atoms with Crippen molar-refractivity contribution in [2.75, 3.05) is 27.4 Å². The van der Waals surface area contributed by atoms with Crippen LogP contribution in [0.1, 0.15) is 0 Å². The van der Waals surface area contributed by atoms with Gasteiger partial charge in [0, 0.05) is 12.8 Å². The molecule has 0 bridgehead atoms. The van der Waals surface area contributed by atoms with Crippen LogP contribution in [-0.2, 0) is 9.53 Å². The van der Waals surface area contributed by atoms with Crippen molar-refractivity contribution in [2.45, 2.75) is 0 Å². The molecule has 0 saturated carbocycles. The van der Waals surface area contributed by atoms with E-state index in [1.54, 1.807) is 6.21 Å². The van der Waals surface area contributed by atoms with Gasteiger partial charge < -0.3 is 4.74 Å². The van der Waals surface area contributed by atoms with Crippen molar-refractivity contribution in [1.82, 2.24) is 4.90 Å². The van der Waals surface area contributed by atoms with Crippen molar-refractivity contribution < 1.29 is 9.53 Å². The van der Waals surface area contributed by atoms with Crippen LogP contribution < -0.4 is 0 Å². The third-order valence-corrected chi connectivity index (χ3v) is 1.62. The summed E-state index contributed by atoms with van der Waals surface area (Å²) in [5.41, 5.74) is 0. The Labute approximate surface area is 65.9 Å². The van der Waals surface area contributed by atoms with Crippen molar-refractivity contribution in [3.05, 3.63) is 0 Å². The third kappa shape index (κ3) is 2.01. The smallest absolute Gasteiger partial charge is 0.315 e. The molecule has 1 rings (SSSR count). The average molecular weight is 156 g/mol. The molecule has 0 aromatic rings. The van der Waals surface area contributed by atoms with Gasteiger partial charge in [-0.3, -0.25) is 14.7 Å².